The maximum Gasteiger partial charge on any atom is 0.309 e. The number of ether oxygens (including phenoxy) is 7. The highest BCUT2D eigenvalue weighted by Gasteiger charge is 2.47. The number of nitrogens with zero attached hydrogens (tertiary/aromatic N) is 1. The van der Waals surface area contributed by atoms with E-state index in [9.17, 15) is 33.6 Å². The summed E-state index contributed by atoms with van der Waals surface area (Å²) in [7, 11) is 3.94. The van der Waals surface area contributed by atoms with Crippen LogP contribution in [0.1, 0.15) is 542 Å². The summed E-state index contributed by atoms with van der Waals surface area (Å²) in [6.07, 6.45) is 112. The first-order valence-electron chi connectivity index (χ1n) is 57.0. The predicted molar refractivity (Wildman–Crippen MR) is 569 cm³/mol. The van der Waals surface area contributed by atoms with Gasteiger partial charge in [0, 0.05) is 77.2 Å². The van der Waals surface area contributed by atoms with Crippen LogP contribution in [-0.2, 0) is 66.7 Å². The minimum absolute atomic E-state index is 0.0726. The molecular formula is C120H209NO14. The largest absolute Gasteiger partial charge is 0.465 e. The van der Waals surface area contributed by atoms with Crippen LogP contribution in [0.15, 0.2) is 109 Å². The third-order valence-electron chi connectivity index (χ3n) is 25.9. The van der Waals surface area contributed by atoms with Gasteiger partial charge in [-0.05, 0) is 232 Å². The summed E-state index contributed by atoms with van der Waals surface area (Å²) in [6, 6.07) is 0. The monoisotopic (exact) mass is 1890 g/mol. The van der Waals surface area contributed by atoms with Crippen molar-refractivity contribution in [1.82, 2.24) is 4.90 Å². The SMILES string of the molecule is CCCCC/C=C\C/C=C\CCCCCCCC(=O)OC(C/C=C\CCCCCCCC(=O)OC1[C@H](OC(=O)CCCCCCC/C=C\CC(CCCCCC)OC(=O)CCCCCCC/C=C\C/C=C\CCCCC)CC(C(=O)OCCCN(C)C)C[C@H]1OC(=O)CCCCCCC/C=C\CC(CCCCCC)OC(=O)CCCCCCC/C=C\C/C=C\CCCCC)CCCCCC. The Balaban J connectivity index is 3.06. The lowest BCUT2D eigenvalue weighted by Gasteiger charge is -2.39. The van der Waals surface area contributed by atoms with Crippen LogP contribution < -0.4 is 0 Å². The first-order valence-corrected chi connectivity index (χ1v) is 57.0. The van der Waals surface area contributed by atoms with Crippen LogP contribution in [0.2, 0.25) is 0 Å². The Morgan fingerprint density at radius 1 is 0.252 bits per heavy atom. The summed E-state index contributed by atoms with van der Waals surface area (Å²) in [5.41, 5.74) is 0. The lowest BCUT2D eigenvalue weighted by molar-refractivity contribution is -0.199. The van der Waals surface area contributed by atoms with Crippen molar-refractivity contribution in [2.45, 2.75) is 579 Å². The van der Waals surface area contributed by atoms with Gasteiger partial charge in [-0.15, -0.1) is 0 Å². The number of rotatable bonds is 98. The summed E-state index contributed by atoms with van der Waals surface area (Å²) < 4.78 is 43.1. The Kier molecular flexibility index (Phi) is 93.5. The number of unbranched alkanes of at least 4 members (excludes halogenated alkanes) is 48. The molecule has 15 heteroatoms. The van der Waals surface area contributed by atoms with Crippen LogP contribution in [0, 0.1) is 5.92 Å². The summed E-state index contributed by atoms with van der Waals surface area (Å²) in [5.74, 6) is -2.77. The van der Waals surface area contributed by atoms with E-state index in [0.717, 1.165) is 295 Å². The van der Waals surface area contributed by atoms with E-state index in [-0.39, 0.29) is 74.9 Å². The highest BCUT2D eigenvalue weighted by Crippen LogP contribution is 2.35. The fourth-order valence-corrected chi connectivity index (χ4v) is 17.4. The minimum Gasteiger partial charge on any atom is -0.465 e. The van der Waals surface area contributed by atoms with Gasteiger partial charge in [-0.3, -0.25) is 33.6 Å². The van der Waals surface area contributed by atoms with Crippen LogP contribution in [0.25, 0.3) is 0 Å². The molecule has 1 fully saturated rings. The van der Waals surface area contributed by atoms with Crippen LogP contribution in [-0.4, -0.2) is 111 Å². The molecule has 1 saturated carbocycles. The van der Waals surface area contributed by atoms with Gasteiger partial charge in [0.05, 0.1) is 12.5 Å². The van der Waals surface area contributed by atoms with Gasteiger partial charge in [-0.1, -0.05) is 363 Å². The molecule has 0 saturated heterocycles. The van der Waals surface area contributed by atoms with Gasteiger partial charge in [0.1, 0.15) is 30.5 Å². The third kappa shape index (κ3) is 86.7. The second-order valence-corrected chi connectivity index (χ2v) is 39.4. The number of esters is 7. The van der Waals surface area contributed by atoms with Gasteiger partial charge in [0.2, 0.25) is 0 Å². The van der Waals surface area contributed by atoms with E-state index in [1.165, 1.54) is 135 Å². The molecule has 135 heavy (non-hydrogen) atoms. The second-order valence-electron chi connectivity index (χ2n) is 39.4. The van der Waals surface area contributed by atoms with Crippen molar-refractivity contribution in [2.24, 2.45) is 5.92 Å². The zero-order chi connectivity index (χ0) is 97.9. The minimum atomic E-state index is -1.10. The van der Waals surface area contributed by atoms with Crippen molar-refractivity contribution in [3.05, 3.63) is 109 Å². The molecule has 0 spiro atoms. The summed E-state index contributed by atoms with van der Waals surface area (Å²) in [4.78, 5) is 97.5. The number of carbonyl (C=O) groups is 7. The van der Waals surface area contributed by atoms with Crippen molar-refractivity contribution in [3.63, 3.8) is 0 Å². The van der Waals surface area contributed by atoms with Crippen LogP contribution in [0.3, 0.4) is 0 Å². The molecular weight excluding hydrogens is 1680 g/mol. The van der Waals surface area contributed by atoms with E-state index in [1.807, 2.05) is 19.0 Å². The Bertz CT molecular complexity index is 2900. The Labute approximate surface area is 830 Å². The van der Waals surface area contributed by atoms with Crippen LogP contribution >= 0.6 is 0 Å². The molecule has 0 radical (unpaired) electrons. The van der Waals surface area contributed by atoms with Gasteiger partial charge in [0.15, 0.2) is 6.10 Å². The molecule has 0 aliphatic heterocycles. The average Bonchev–Trinajstić information content (AvgIpc) is 0.802. The Morgan fingerprint density at radius 2 is 0.474 bits per heavy atom. The zero-order valence-electron chi connectivity index (χ0n) is 88.7. The smallest absolute Gasteiger partial charge is 0.309 e. The fourth-order valence-electron chi connectivity index (χ4n) is 17.4. The van der Waals surface area contributed by atoms with Crippen molar-refractivity contribution in [3.8, 4) is 0 Å². The van der Waals surface area contributed by atoms with Gasteiger partial charge in [-0.2, -0.15) is 0 Å². The van der Waals surface area contributed by atoms with Crippen LogP contribution in [0.4, 0.5) is 0 Å². The van der Waals surface area contributed by atoms with Crippen molar-refractivity contribution < 1.29 is 66.7 Å². The first kappa shape index (κ1) is 127. The summed E-state index contributed by atoms with van der Waals surface area (Å²) in [6.45, 7) is 14.3. The number of hydrogen-bond donors (Lipinski definition) is 0. The average molecular weight is 1890 g/mol. The maximum absolute atomic E-state index is 14.1. The van der Waals surface area contributed by atoms with Gasteiger partial charge in [0.25, 0.3) is 0 Å². The third-order valence-corrected chi connectivity index (χ3v) is 25.9. The molecule has 1 rings (SSSR count). The van der Waals surface area contributed by atoms with E-state index in [2.05, 4.69) is 151 Å². The van der Waals surface area contributed by atoms with Crippen LogP contribution in [0.5, 0.6) is 0 Å². The molecule has 1 aliphatic carbocycles. The standard InChI is InChI=1S/C120H209NO14/c1-9-15-21-27-30-33-36-39-42-45-48-51-63-72-84-97-113(122)130-108(91-78-24-18-12-4)94-81-69-60-54-57-66-75-87-100-116(125)133-111-105-107(120(128)129-104-90-103-121(7)8)106-112(134-117(126)101-88-76-67-58-55-61-70-82-95-109(92-79-25-19-13-5)131-114(123)98-85-73-64-52-49-46-43-40-37-34-31-28-22-16-10-2)119(111)135-118(127)102-89-77-68-59-56-62-71-83-96-110(93-80-26-20-14-6)132-115(124)99-86-74-65-53-50-47-44-41-38-35-32-29-23-17-11-3/h30-35,39-44,69-71,81-83,107-112,119H,9-29,36-38,45-68,72-80,84-106H2,1-8H3/b33-30-,34-31-,35-32-,42-39-,43-40-,44-41-,81-69-,82-70-,83-71-/t107?,108?,109?,110?,111-,112-,119?/m1/s1. The molecule has 0 N–H and O–H groups in total. The Morgan fingerprint density at radius 3 is 0.741 bits per heavy atom. The number of hydrogen-bond acceptors (Lipinski definition) is 15. The molecule has 3 unspecified atom stereocenters. The predicted octanol–water partition coefficient (Wildman–Crippen LogP) is 34.7. The molecule has 5 atom stereocenters. The lowest BCUT2D eigenvalue weighted by Crippen LogP contribution is -2.52. The first-order chi connectivity index (χ1) is 66.2. The molecule has 0 amide bonds. The molecule has 0 aromatic heterocycles. The van der Waals surface area contributed by atoms with E-state index >= 15 is 0 Å². The Hall–Kier alpha value is -6.09. The van der Waals surface area contributed by atoms with E-state index in [1.54, 1.807) is 0 Å². The quantitative estimate of drug-likeness (QED) is 0.0242. The zero-order valence-corrected chi connectivity index (χ0v) is 88.7. The molecule has 0 heterocycles. The van der Waals surface area contributed by atoms with Crippen molar-refractivity contribution in [2.75, 3.05) is 27.2 Å². The molecule has 0 bridgehead atoms. The maximum atomic E-state index is 14.1. The molecule has 0 aromatic carbocycles. The van der Waals surface area contributed by atoms with Crippen molar-refractivity contribution in [1.29, 1.82) is 0 Å². The summed E-state index contributed by atoms with van der Waals surface area (Å²) >= 11 is 0. The van der Waals surface area contributed by atoms with Gasteiger partial charge in [-0.25, -0.2) is 0 Å². The van der Waals surface area contributed by atoms with Gasteiger partial charge < -0.3 is 38.1 Å². The molecule has 778 valence electrons. The van der Waals surface area contributed by atoms with E-state index in [4.69, 9.17) is 33.2 Å². The second kappa shape index (κ2) is 99.5. The summed E-state index contributed by atoms with van der Waals surface area (Å²) in [5, 5.41) is 0. The fraction of sp³-hybridized carbons (Fsp3) is 0.792. The number of carbonyl (C=O) groups excluding carboxylic acids is 7. The van der Waals surface area contributed by atoms with E-state index < -0.39 is 48.1 Å². The highest BCUT2D eigenvalue weighted by atomic mass is 16.6. The normalized spacial score (nSPS) is 15.7. The highest BCUT2D eigenvalue weighted by molar-refractivity contribution is 5.75. The van der Waals surface area contributed by atoms with Crippen molar-refractivity contribution >= 4 is 41.8 Å². The molecule has 0 aromatic rings. The molecule has 15 nitrogen and oxygen atoms in total. The topological polar surface area (TPSA) is 187 Å². The number of allylic oxidation sites excluding steroid dienone is 15. The lowest BCUT2D eigenvalue weighted by atomic mass is 9.82. The molecule has 1 aliphatic rings. The van der Waals surface area contributed by atoms with Gasteiger partial charge >= 0.3 is 41.8 Å². The van der Waals surface area contributed by atoms with E-state index in [0.29, 0.717) is 44.9 Å².